The molecule has 1 heterocycles. The molecule has 2 aromatic rings. The Balaban J connectivity index is 2.30. The van der Waals surface area contributed by atoms with E-state index in [1.54, 1.807) is 5.38 Å². The molecule has 1 aromatic carbocycles. The predicted molar refractivity (Wildman–Crippen MR) is 69.9 cm³/mol. The number of halogens is 1. The lowest BCUT2D eigenvalue weighted by molar-refractivity contribution is -0.387. The van der Waals surface area contributed by atoms with E-state index >= 15 is 0 Å². The molecule has 2 rings (SSSR count). The van der Waals surface area contributed by atoms with Crippen molar-refractivity contribution in [2.75, 3.05) is 7.11 Å². The minimum absolute atomic E-state index is 0.0322. The molecule has 0 aliphatic heterocycles. The van der Waals surface area contributed by atoms with Crippen molar-refractivity contribution < 1.29 is 18.8 Å². The summed E-state index contributed by atoms with van der Waals surface area (Å²) in [6.45, 7) is 0. The third kappa shape index (κ3) is 2.97. The highest BCUT2D eigenvalue weighted by molar-refractivity contribution is 7.10. The monoisotopic (exact) mass is 296 g/mol. The smallest absolute Gasteiger partial charge is 0.312 e. The van der Waals surface area contributed by atoms with Crippen LogP contribution in [0, 0.1) is 15.9 Å². The van der Waals surface area contributed by atoms with E-state index in [2.05, 4.69) is 9.72 Å². The van der Waals surface area contributed by atoms with Crippen molar-refractivity contribution in [2.45, 2.75) is 6.42 Å². The number of carbonyl (C=O) groups is 1. The maximum Gasteiger partial charge on any atom is 0.312 e. The highest BCUT2D eigenvalue weighted by Crippen LogP contribution is 2.27. The number of nitro groups is 1. The number of esters is 1. The molecule has 0 amide bonds. The second-order valence-electron chi connectivity index (χ2n) is 3.80. The normalized spacial score (nSPS) is 10.3. The van der Waals surface area contributed by atoms with Crippen LogP contribution in [0.15, 0.2) is 23.6 Å². The van der Waals surface area contributed by atoms with Gasteiger partial charge in [-0.1, -0.05) is 0 Å². The van der Waals surface area contributed by atoms with E-state index in [1.807, 2.05) is 0 Å². The Kier molecular flexibility index (Phi) is 4.04. The summed E-state index contributed by atoms with van der Waals surface area (Å²) in [5.41, 5.74) is 0.271. The number of aromatic nitrogens is 1. The number of rotatable bonds is 4. The predicted octanol–water partition coefficient (Wildman–Crippen LogP) is 2.57. The van der Waals surface area contributed by atoms with Crippen molar-refractivity contribution in [3.05, 3.63) is 44.5 Å². The third-order valence-corrected chi connectivity index (χ3v) is 3.36. The SMILES string of the molecule is COC(=O)Cc1nc(-c2ccc(F)c([N+](=O)[O-])c2)cs1. The van der Waals surface area contributed by atoms with Crippen LogP contribution in [-0.2, 0) is 16.0 Å². The Hall–Kier alpha value is -2.35. The Morgan fingerprint density at radius 2 is 2.30 bits per heavy atom. The first-order chi connectivity index (χ1) is 9.51. The van der Waals surface area contributed by atoms with Crippen LogP contribution < -0.4 is 0 Å². The topological polar surface area (TPSA) is 82.3 Å². The van der Waals surface area contributed by atoms with Gasteiger partial charge < -0.3 is 4.74 Å². The van der Waals surface area contributed by atoms with Crippen molar-refractivity contribution in [1.29, 1.82) is 0 Å². The van der Waals surface area contributed by atoms with Crippen LogP contribution in [0.4, 0.5) is 10.1 Å². The lowest BCUT2D eigenvalue weighted by Crippen LogP contribution is -2.03. The maximum atomic E-state index is 13.2. The van der Waals surface area contributed by atoms with Gasteiger partial charge in [0.15, 0.2) is 0 Å². The molecule has 0 fully saturated rings. The van der Waals surface area contributed by atoms with Gasteiger partial charge in [0, 0.05) is 17.0 Å². The van der Waals surface area contributed by atoms with E-state index in [9.17, 15) is 19.3 Å². The number of ether oxygens (including phenoxy) is 1. The van der Waals surface area contributed by atoms with E-state index in [4.69, 9.17) is 0 Å². The molecule has 104 valence electrons. The van der Waals surface area contributed by atoms with E-state index in [0.717, 1.165) is 12.1 Å². The van der Waals surface area contributed by atoms with Crippen LogP contribution >= 0.6 is 11.3 Å². The minimum atomic E-state index is -0.899. The van der Waals surface area contributed by atoms with E-state index in [1.165, 1.54) is 24.5 Å². The van der Waals surface area contributed by atoms with Crippen LogP contribution in [0.5, 0.6) is 0 Å². The second kappa shape index (κ2) is 5.74. The first-order valence-electron chi connectivity index (χ1n) is 5.47. The van der Waals surface area contributed by atoms with Gasteiger partial charge >= 0.3 is 11.7 Å². The van der Waals surface area contributed by atoms with Gasteiger partial charge in [-0.3, -0.25) is 14.9 Å². The summed E-state index contributed by atoms with van der Waals surface area (Å²) in [7, 11) is 1.28. The number of hydrogen-bond acceptors (Lipinski definition) is 6. The summed E-state index contributed by atoms with van der Waals surface area (Å²) in [5, 5.41) is 12.9. The fourth-order valence-electron chi connectivity index (χ4n) is 1.53. The molecule has 0 aliphatic carbocycles. The van der Waals surface area contributed by atoms with Gasteiger partial charge in [0.05, 0.1) is 24.1 Å². The number of nitrogens with zero attached hydrogens (tertiary/aromatic N) is 2. The molecule has 0 bridgehead atoms. The Bertz CT molecular complexity index is 671. The van der Waals surface area contributed by atoms with Crippen LogP contribution in [0.25, 0.3) is 11.3 Å². The van der Waals surface area contributed by atoms with Crippen molar-refractivity contribution in [2.24, 2.45) is 0 Å². The molecule has 0 spiro atoms. The third-order valence-electron chi connectivity index (χ3n) is 2.51. The average molecular weight is 296 g/mol. The zero-order valence-corrected chi connectivity index (χ0v) is 11.1. The Labute approximate surface area is 117 Å². The first-order valence-corrected chi connectivity index (χ1v) is 6.34. The van der Waals surface area contributed by atoms with Crippen LogP contribution in [0.3, 0.4) is 0 Å². The Morgan fingerprint density at radius 3 is 2.95 bits per heavy atom. The van der Waals surface area contributed by atoms with Gasteiger partial charge in [-0.2, -0.15) is 4.39 Å². The quantitative estimate of drug-likeness (QED) is 0.492. The molecule has 0 aliphatic rings. The molecule has 20 heavy (non-hydrogen) atoms. The highest BCUT2D eigenvalue weighted by atomic mass is 32.1. The first kappa shape index (κ1) is 14.1. The van der Waals surface area contributed by atoms with Crippen molar-refractivity contribution in [1.82, 2.24) is 4.98 Å². The zero-order valence-electron chi connectivity index (χ0n) is 10.3. The highest BCUT2D eigenvalue weighted by Gasteiger charge is 2.16. The molecule has 8 heteroatoms. The van der Waals surface area contributed by atoms with Crippen LogP contribution in [0.1, 0.15) is 5.01 Å². The van der Waals surface area contributed by atoms with Gasteiger partial charge in [0.25, 0.3) is 0 Å². The number of hydrogen-bond donors (Lipinski definition) is 0. The molecule has 6 nitrogen and oxygen atoms in total. The lowest BCUT2D eigenvalue weighted by Gasteiger charge is -1.98. The van der Waals surface area contributed by atoms with Crippen LogP contribution in [-0.4, -0.2) is 23.0 Å². The largest absolute Gasteiger partial charge is 0.469 e. The summed E-state index contributed by atoms with van der Waals surface area (Å²) >= 11 is 1.23. The molecule has 0 saturated carbocycles. The van der Waals surface area contributed by atoms with Crippen molar-refractivity contribution >= 4 is 23.0 Å². The summed E-state index contributed by atoms with van der Waals surface area (Å²) in [5.74, 6) is -1.32. The number of benzene rings is 1. The van der Waals surface area contributed by atoms with Crippen molar-refractivity contribution in [3.8, 4) is 11.3 Å². The summed E-state index contributed by atoms with van der Waals surface area (Å²) < 4.78 is 17.8. The summed E-state index contributed by atoms with van der Waals surface area (Å²) in [6, 6.07) is 3.54. The van der Waals surface area contributed by atoms with Gasteiger partial charge in [-0.15, -0.1) is 11.3 Å². The lowest BCUT2D eigenvalue weighted by atomic mass is 10.1. The molecule has 0 N–H and O–H groups in total. The zero-order chi connectivity index (χ0) is 14.7. The summed E-state index contributed by atoms with van der Waals surface area (Å²) in [4.78, 5) is 25.2. The number of thiazole rings is 1. The van der Waals surface area contributed by atoms with Gasteiger partial charge in [0.2, 0.25) is 5.82 Å². The molecule has 0 radical (unpaired) electrons. The fourth-order valence-corrected chi connectivity index (χ4v) is 2.32. The van der Waals surface area contributed by atoms with E-state index in [0.29, 0.717) is 16.3 Å². The molecule has 1 aromatic heterocycles. The molecule has 0 atom stereocenters. The van der Waals surface area contributed by atoms with Crippen molar-refractivity contribution in [3.63, 3.8) is 0 Å². The summed E-state index contributed by atoms with van der Waals surface area (Å²) in [6.07, 6.45) is 0.0322. The molecular formula is C12H9FN2O4S. The number of carbonyl (C=O) groups excluding carboxylic acids is 1. The molecular weight excluding hydrogens is 287 g/mol. The van der Waals surface area contributed by atoms with Gasteiger partial charge in [-0.25, -0.2) is 4.98 Å². The van der Waals surface area contributed by atoms with Gasteiger partial charge in [-0.05, 0) is 12.1 Å². The molecule has 0 saturated heterocycles. The Morgan fingerprint density at radius 1 is 1.55 bits per heavy atom. The fraction of sp³-hybridized carbons (Fsp3) is 0.167. The molecule has 0 unspecified atom stereocenters. The standard InChI is InChI=1S/C12H9FN2O4S/c1-19-12(16)5-11-14-9(6-20-11)7-2-3-8(13)10(4-7)15(17)18/h2-4,6H,5H2,1H3. The maximum absolute atomic E-state index is 13.2. The van der Waals surface area contributed by atoms with Gasteiger partial charge in [0.1, 0.15) is 5.01 Å². The average Bonchev–Trinajstić information content (AvgIpc) is 2.87. The van der Waals surface area contributed by atoms with E-state index in [-0.39, 0.29) is 6.42 Å². The minimum Gasteiger partial charge on any atom is -0.469 e. The second-order valence-corrected chi connectivity index (χ2v) is 4.75. The van der Waals surface area contributed by atoms with E-state index < -0.39 is 22.4 Å². The van der Waals surface area contributed by atoms with Crippen LogP contribution in [0.2, 0.25) is 0 Å². The number of nitro benzene ring substituents is 1. The number of methoxy groups -OCH3 is 1.